The number of pyridine rings is 1. The van der Waals surface area contributed by atoms with E-state index in [1.807, 2.05) is 54.9 Å². The number of anilines is 1. The molecule has 3 aromatic rings. The van der Waals surface area contributed by atoms with Crippen LogP contribution in [0.3, 0.4) is 0 Å². The summed E-state index contributed by atoms with van der Waals surface area (Å²) >= 11 is 0. The topological polar surface area (TPSA) is 71.8 Å². The molecule has 0 saturated heterocycles. The fourth-order valence-corrected chi connectivity index (χ4v) is 2.77. The first-order chi connectivity index (χ1) is 13.5. The van der Waals surface area contributed by atoms with Gasteiger partial charge in [0, 0.05) is 18.2 Å². The van der Waals surface area contributed by atoms with Gasteiger partial charge in [0.2, 0.25) is 5.91 Å². The fourth-order valence-electron chi connectivity index (χ4n) is 2.77. The quantitative estimate of drug-likeness (QED) is 0.690. The van der Waals surface area contributed by atoms with Crippen LogP contribution < -0.4 is 10.6 Å². The van der Waals surface area contributed by atoms with Crippen LogP contribution in [0.15, 0.2) is 48.8 Å². The standard InChI is InChI=1S/C22H23N5O/c1-15-21(27(4)14-24-15)18-11-13-20(26-22(28)16(2)23-3)25-19(18)12-10-17-8-6-5-7-9-17/h5-9,11,13-14,16,23H,1-4H3,(H,25,26,28). The second-order valence-corrected chi connectivity index (χ2v) is 6.50. The van der Waals surface area contributed by atoms with Crippen LogP contribution in [0, 0.1) is 18.8 Å². The summed E-state index contributed by atoms with van der Waals surface area (Å²) in [5, 5.41) is 5.75. The van der Waals surface area contributed by atoms with Crippen molar-refractivity contribution in [3.8, 4) is 23.1 Å². The third-order valence-corrected chi connectivity index (χ3v) is 4.45. The number of benzene rings is 1. The normalized spacial score (nSPS) is 11.4. The van der Waals surface area contributed by atoms with Gasteiger partial charge in [0.1, 0.15) is 11.5 Å². The van der Waals surface area contributed by atoms with E-state index >= 15 is 0 Å². The molecule has 6 heteroatoms. The van der Waals surface area contributed by atoms with Crippen molar-refractivity contribution in [2.75, 3.05) is 12.4 Å². The summed E-state index contributed by atoms with van der Waals surface area (Å²) in [6.07, 6.45) is 1.77. The predicted molar refractivity (Wildman–Crippen MR) is 111 cm³/mol. The van der Waals surface area contributed by atoms with E-state index in [0.717, 1.165) is 22.5 Å². The van der Waals surface area contributed by atoms with Crippen molar-refractivity contribution in [1.82, 2.24) is 19.9 Å². The van der Waals surface area contributed by atoms with Gasteiger partial charge in [0.15, 0.2) is 0 Å². The molecule has 2 N–H and O–H groups in total. The SMILES string of the molecule is CNC(C)C(=O)Nc1ccc(-c2c(C)ncn2C)c(C#Cc2ccccc2)n1. The molecule has 2 heterocycles. The maximum absolute atomic E-state index is 12.2. The molecule has 1 atom stereocenters. The average molecular weight is 373 g/mol. The lowest BCUT2D eigenvalue weighted by Crippen LogP contribution is -2.35. The lowest BCUT2D eigenvalue weighted by molar-refractivity contribution is -0.117. The zero-order valence-corrected chi connectivity index (χ0v) is 16.4. The number of rotatable bonds is 4. The van der Waals surface area contributed by atoms with Gasteiger partial charge in [-0.05, 0) is 51.1 Å². The minimum Gasteiger partial charge on any atom is -0.333 e. The van der Waals surface area contributed by atoms with Gasteiger partial charge in [0.25, 0.3) is 0 Å². The molecule has 0 aliphatic heterocycles. The van der Waals surface area contributed by atoms with Gasteiger partial charge in [-0.25, -0.2) is 9.97 Å². The van der Waals surface area contributed by atoms with Crippen LogP contribution in [0.25, 0.3) is 11.3 Å². The molecule has 0 fully saturated rings. The number of likely N-dealkylation sites (N-methyl/N-ethyl adjacent to an activating group) is 1. The maximum Gasteiger partial charge on any atom is 0.242 e. The smallest absolute Gasteiger partial charge is 0.242 e. The van der Waals surface area contributed by atoms with E-state index in [2.05, 4.69) is 32.4 Å². The number of imidazole rings is 1. The zero-order chi connectivity index (χ0) is 20.1. The van der Waals surface area contributed by atoms with Crippen LogP contribution in [0.2, 0.25) is 0 Å². The molecule has 0 aliphatic rings. The Morgan fingerprint density at radius 1 is 1.14 bits per heavy atom. The van der Waals surface area contributed by atoms with E-state index in [1.54, 1.807) is 26.4 Å². The third kappa shape index (κ3) is 4.27. The Hall–Kier alpha value is -3.43. The largest absolute Gasteiger partial charge is 0.333 e. The highest BCUT2D eigenvalue weighted by Gasteiger charge is 2.15. The van der Waals surface area contributed by atoms with Gasteiger partial charge in [-0.15, -0.1) is 0 Å². The second kappa shape index (κ2) is 8.51. The van der Waals surface area contributed by atoms with Gasteiger partial charge >= 0.3 is 0 Å². The van der Waals surface area contributed by atoms with Gasteiger partial charge in [-0.2, -0.15) is 0 Å². The molecule has 3 rings (SSSR count). The minimum atomic E-state index is -0.320. The highest BCUT2D eigenvalue weighted by Crippen LogP contribution is 2.26. The molecule has 2 aromatic heterocycles. The van der Waals surface area contributed by atoms with Gasteiger partial charge in [-0.1, -0.05) is 24.1 Å². The number of carbonyl (C=O) groups is 1. The first kappa shape index (κ1) is 19.3. The molecule has 0 radical (unpaired) electrons. The molecule has 1 amide bonds. The fraction of sp³-hybridized carbons (Fsp3) is 0.227. The van der Waals surface area contributed by atoms with Crippen molar-refractivity contribution < 1.29 is 4.79 Å². The van der Waals surface area contributed by atoms with Crippen molar-refractivity contribution in [1.29, 1.82) is 0 Å². The number of nitrogens with zero attached hydrogens (tertiary/aromatic N) is 3. The number of carbonyl (C=O) groups excluding carboxylic acids is 1. The first-order valence-electron chi connectivity index (χ1n) is 9.04. The summed E-state index contributed by atoms with van der Waals surface area (Å²) in [5.41, 5.74) is 4.21. The summed E-state index contributed by atoms with van der Waals surface area (Å²) < 4.78 is 1.95. The Kier molecular flexibility index (Phi) is 5.87. The monoisotopic (exact) mass is 373 g/mol. The van der Waals surface area contributed by atoms with Gasteiger partial charge in [0.05, 0.1) is 23.8 Å². The van der Waals surface area contributed by atoms with E-state index in [-0.39, 0.29) is 11.9 Å². The molecule has 0 spiro atoms. The first-order valence-corrected chi connectivity index (χ1v) is 9.04. The molecule has 0 aliphatic carbocycles. The van der Waals surface area contributed by atoms with Crippen LogP contribution in [0.5, 0.6) is 0 Å². The highest BCUT2D eigenvalue weighted by molar-refractivity contribution is 5.94. The lowest BCUT2D eigenvalue weighted by Gasteiger charge is -2.12. The molecule has 0 bridgehead atoms. The Balaban J connectivity index is 2.05. The Morgan fingerprint density at radius 2 is 1.89 bits per heavy atom. The average Bonchev–Trinajstić information content (AvgIpc) is 3.04. The van der Waals surface area contributed by atoms with Crippen molar-refractivity contribution in [2.45, 2.75) is 19.9 Å². The number of hydrogen-bond acceptors (Lipinski definition) is 4. The van der Waals surface area contributed by atoms with Gasteiger partial charge < -0.3 is 15.2 Å². The van der Waals surface area contributed by atoms with Gasteiger partial charge in [-0.3, -0.25) is 4.79 Å². The van der Waals surface area contributed by atoms with E-state index in [0.29, 0.717) is 11.5 Å². The third-order valence-electron chi connectivity index (χ3n) is 4.45. The summed E-state index contributed by atoms with van der Waals surface area (Å²) in [6, 6.07) is 13.1. The molecular formula is C22H23N5O. The molecule has 6 nitrogen and oxygen atoms in total. The second-order valence-electron chi connectivity index (χ2n) is 6.50. The maximum atomic E-state index is 12.2. The molecule has 0 saturated carbocycles. The number of nitrogens with one attached hydrogen (secondary N) is 2. The van der Waals surface area contributed by atoms with Crippen molar-refractivity contribution in [3.05, 3.63) is 65.7 Å². The van der Waals surface area contributed by atoms with E-state index in [1.165, 1.54) is 0 Å². The summed E-state index contributed by atoms with van der Waals surface area (Å²) in [4.78, 5) is 21.2. The Bertz CT molecular complexity index is 1020. The number of aromatic nitrogens is 3. The van der Waals surface area contributed by atoms with Crippen LogP contribution >= 0.6 is 0 Å². The Morgan fingerprint density at radius 3 is 2.54 bits per heavy atom. The minimum absolute atomic E-state index is 0.151. The van der Waals surface area contributed by atoms with Crippen molar-refractivity contribution >= 4 is 11.7 Å². The van der Waals surface area contributed by atoms with Crippen LogP contribution in [0.1, 0.15) is 23.9 Å². The number of aryl methyl sites for hydroxylation is 2. The van der Waals surface area contributed by atoms with Crippen LogP contribution in [-0.4, -0.2) is 33.5 Å². The highest BCUT2D eigenvalue weighted by atomic mass is 16.2. The summed E-state index contributed by atoms with van der Waals surface area (Å²) in [5.74, 6) is 6.62. The number of hydrogen-bond donors (Lipinski definition) is 2. The molecule has 1 aromatic carbocycles. The lowest BCUT2D eigenvalue weighted by atomic mass is 10.1. The van der Waals surface area contributed by atoms with Crippen LogP contribution in [-0.2, 0) is 11.8 Å². The van der Waals surface area contributed by atoms with E-state index in [9.17, 15) is 4.79 Å². The summed E-state index contributed by atoms with van der Waals surface area (Å²) in [6.45, 7) is 3.74. The van der Waals surface area contributed by atoms with E-state index in [4.69, 9.17) is 0 Å². The molecular weight excluding hydrogens is 350 g/mol. The molecule has 1 unspecified atom stereocenters. The van der Waals surface area contributed by atoms with Crippen molar-refractivity contribution in [3.63, 3.8) is 0 Å². The van der Waals surface area contributed by atoms with Crippen LogP contribution in [0.4, 0.5) is 5.82 Å². The van der Waals surface area contributed by atoms with E-state index < -0.39 is 0 Å². The van der Waals surface area contributed by atoms with Crippen molar-refractivity contribution in [2.24, 2.45) is 7.05 Å². The number of amides is 1. The molecule has 142 valence electrons. The Labute approximate surface area is 165 Å². The summed E-state index contributed by atoms with van der Waals surface area (Å²) in [7, 11) is 3.68. The molecule has 28 heavy (non-hydrogen) atoms. The zero-order valence-electron chi connectivity index (χ0n) is 16.4. The predicted octanol–water partition coefficient (Wildman–Crippen LogP) is 2.74.